The van der Waals surface area contributed by atoms with Crippen LogP contribution in [0.4, 0.5) is 10.3 Å². The number of aryl methyl sites for hydroxylation is 1. The molecule has 1 heterocycles. The van der Waals surface area contributed by atoms with Gasteiger partial charge in [-0.3, -0.25) is 0 Å². The Bertz CT molecular complexity index is 317. The Morgan fingerprint density at radius 3 is 2.53 bits per heavy atom. The molecule has 0 aromatic carbocycles. The van der Waals surface area contributed by atoms with E-state index in [9.17, 15) is 4.39 Å². The Morgan fingerprint density at radius 2 is 2.00 bits per heavy atom. The maximum absolute atomic E-state index is 13.1. The van der Waals surface area contributed by atoms with E-state index in [2.05, 4.69) is 20.3 Å². The molecule has 0 saturated heterocycles. The molecule has 84 valence electrons. The Morgan fingerprint density at radius 1 is 1.33 bits per heavy atom. The van der Waals surface area contributed by atoms with Crippen LogP contribution in [0.5, 0.6) is 0 Å². The zero-order chi connectivity index (χ0) is 11.5. The van der Waals surface area contributed by atoms with E-state index >= 15 is 0 Å². The van der Waals surface area contributed by atoms with Crippen LogP contribution < -0.4 is 5.32 Å². The maximum Gasteiger partial charge on any atom is 0.227 e. The third kappa shape index (κ3) is 4.88. The Balaban J connectivity index is 2.51. The third-order valence-electron chi connectivity index (χ3n) is 1.72. The van der Waals surface area contributed by atoms with Crippen molar-refractivity contribution in [2.24, 2.45) is 0 Å². The van der Waals surface area contributed by atoms with E-state index in [4.69, 9.17) is 11.6 Å². The van der Waals surface area contributed by atoms with E-state index in [1.54, 1.807) is 6.92 Å². The molecule has 0 aliphatic heterocycles. The number of nitrogens with one attached hydrogen (secondary N) is 1. The van der Waals surface area contributed by atoms with Crippen LogP contribution in [0.1, 0.15) is 26.1 Å². The number of nitrogens with zero attached hydrogens (tertiary/aromatic N) is 3. The third-order valence-corrected chi connectivity index (χ3v) is 1.89. The molecular weight excluding hydrogens is 219 g/mol. The summed E-state index contributed by atoms with van der Waals surface area (Å²) in [6, 6.07) is 0. The van der Waals surface area contributed by atoms with E-state index in [1.807, 2.05) is 0 Å². The second kappa shape index (κ2) is 4.70. The van der Waals surface area contributed by atoms with Gasteiger partial charge in [0.25, 0.3) is 0 Å². The zero-order valence-corrected chi connectivity index (χ0v) is 9.77. The summed E-state index contributed by atoms with van der Waals surface area (Å²) in [6.45, 7) is 5.24. The Labute approximate surface area is 93.3 Å². The summed E-state index contributed by atoms with van der Waals surface area (Å²) in [5, 5.41) is 3.04. The van der Waals surface area contributed by atoms with Crippen molar-refractivity contribution in [2.75, 3.05) is 11.9 Å². The van der Waals surface area contributed by atoms with Crippen LogP contribution in [0.2, 0.25) is 5.28 Å². The zero-order valence-electron chi connectivity index (χ0n) is 9.01. The summed E-state index contributed by atoms with van der Waals surface area (Å²) in [5.41, 5.74) is -1.20. The highest BCUT2D eigenvalue weighted by Gasteiger charge is 2.14. The first-order valence-electron chi connectivity index (χ1n) is 4.68. The molecule has 1 N–H and O–H groups in total. The summed E-state index contributed by atoms with van der Waals surface area (Å²) in [5.74, 6) is 0.925. The second-order valence-corrected chi connectivity index (χ2v) is 4.21. The molecule has 0 unspecified atom stereocenters. The van der Waals surface area contributed by atoms with Crippen LogP contribution in [-0.2, 0) is 0 Å². The van der Waals surface area contributed by atoms with Crippen molar-refractivity contribution in [1.82, 2.24) is 15.0 Å². The number of rotatable bonds is 4. The van der Waals surface area contributed by atoms with Crippen molar-refractivity contribution in [1.29, 1.82) is 0 Å². The molecule has 0 saturated carbocycles. The van der Waals surface area contributed by atoms with Gasteiger partial charge in [0.05, 0.1) is 0 Å². The molecule has 0 fully saturated rings. The van der Waals surface area contributed by atoms with Crippen LogP contribution in [0.25, 0.3) is 0 Å². The van der Waals surface area contributed by atoms with Gasteiger partial charge in [0.1, 0.15) is 11.5 Å². The summed E-state index contributed by atoms with van der Waals surface area (Å²) in [4.78, 5) is 11.7. The number of halogens is 2. The van der Waals surface area contributed by atoms with Gasteiger partial charge in [-0.05, 0) is 38.8 Å². The number of alkyl halides is 1. The van der Waals surface area contributed by atoms with Gasteiger partial charge in [0.15, 0.2) is 0 Å². The fourth-order valence-electron chi connectivity index (χ4n) is 1.000. The first-order valence-corrected chi connectivity index (χ1v) is 5.05. The van der Waals surface area contributed by atoms with E-state index in [1.165, 1.54) is 13.8 Å². The SMILES string of the molecule is Cc1nc(Cl)nc(NCCC(C)(C)F)n1. The molecule has 0 amide bonds. The van der Waals surface area contributed by atoms with E-state index < -0.39 is 5.67 Å². The lowest BCUT2D eigenvalue weighted by Gasteiger charge is -2.13. The van der Waals surface area contributed by atoms with Crippen LogP contribution in [0, 0.1) is 6.92 Å². The minimum Gasteiger partial charge on any atom is -0.354 e. The van der Waals surface area contributed by atoms with Crippen LogP contribution in [0.15, 0.2) is 0 Å². The Hall–Kier alpha value is -0.970. The highest BCUT2D eigenvalue weighted by atomic mass is 35.5. The molecule has 0 aliphatic rings. The van der Waals surface area contributed by atoms with E-state index in [0.717, 1.165) is 0 Å². The molecule has 0 aliphatic carbocycles. The lowest BCUT2D eigenvalue weighted by atomic mass is 10.1. The van der Waals surface area contributed by atoms with Gasteiger partial charge in [-0.15, -0.1) is 0 Å². The van der Waals surface area contributed by atoms with Gasteiger partial charge in [-0.2, -0.15) is 9.97 Å². The van der Waals surface area contributed by atoms with Crippen LogP contribution in [0.3, 0.4) is 0 Å². The minimum atomic E-state index is -1.20. The van der Waals surface area contributed by atoms with Crippen molar-refractivity contribution in [2.45, 2.75) is 32.9 Å². The molecule has 1 aromatic heterocycles. The molecule has 4 nitrogen and oxygen atoms in total. The molecule has 0 spiro atoms. The summed E-state index contributed by atoms with van der Waals surface area (Å²) < 4.78 is 13.1. The maximum atomic E-state index is 13.1. The second-order valence-electron chi connectivity index (χ2n) is 3.87. The molecule has 0 atom stereocenters. The summed E-state index contributed by atoms with van der Waals surface area (Å²) in [7, 11) is 0. The van der Waals surface area contributed by atoms with Crippen molar-refractivity contribution >= 4 is 17.5 Å². The van der Waals surface area contributed by atoms with Gasteiger partial charge in [0, 0.05) is 6.54 Å². The van der Waals surface area contributed by atoms with Crippen molar-refractivity contribution in [3.8, 4) is 0 Å². The first kappa shape index (κ1) is 12.1. The normalized spacial score (nSPS) is 11.5. The monoisotopic (exact) mass is 232 g/mol. The summed E-state index contributed by atoms with van der Waals surface area (Å²) >= 11 is 5.64. The number of aromatic nitrogens is 3. The molecule has 0 radical (unpaired) electrons. The standard InChI is InChI=1S/C9H14ClFN4/c1-6-13-7(10)15-8(14-6)12-5-4-9(2,3)11/h4-5H2,1-3H3,(H,12,13,14,15). The first-order chi connectivity index (χ1) is 6.87. The topological polar surface area (TPSA) is 50.7 Å². The lowest BCUT2D eigenvalue weighted by Crippen LogP contribution is -2.18. The van der Waals surface area contributed by atoms with Gasteiger partial charge in [-0.1, -0.05) is 0 Å². The smallest absolute Gasteiger partial charge is 0.227 e. The fraction of sp³-hybridized carbons (Fsp3) is 0.667. The average molecular weight is 233 g/mol. The largest absolute Gasteiger partial charge is 0.354 e. The van der Waals surface area contributed by atoms with Gasteiger partial charge < -0.3 is 5.32 Å². The molecule has 0 bridgehead atoms. The van der Waals surface area contributed by atoms with Gasteiger partial charge in [0.2, 0.25) is 11.2 Å². The lowest BCUT2D eigenvalue weighted by molar-refractivity contribution is 0.207. The van der Waals surface area contributed by atoms with E-state index in [0.29, 0.717) is 24.7 Å². The number of hydrogen-bond acceptors (Lipinski definition) is 4. The minimum absolute atomic E-state index is 0.143. The molecule has 6 heteroatoms. The van der Waals surface area contributed by atoms with Gasteiger partial charge >= 0.3 is 0 Å². The van der Waals surface area contributed by atoms with Crippen molar-refractivity contribution in [3.63, 3.8) is 0 Å². The molecule has 1 rings (SSSR count). The fourth-order valence-corrected chi connectivity index (χ4v) is 1.20. The predicted molar refractivity (Wildman–Crippen MR) is 57.9 cm³/mol. The summed E-state index contributed by atoms with van der Waals surface area (Å²) in [6.07, 6.45) is 0.384. The molecule has 15 heavy (non-hydrogen) atoms. The van der Waals surface area contributed by atoms with Crippen molar-refractivity contribution in [3.05, 3.63) is 11.1 Å². The van der Waals surface area contributed by atoms with Crippen LogP contribution >= 0.6 is 11.6 Å². The quantitative estimate of drug-likeness (QED) is 0.866. The predicted octanol–water partition coefficient (Wildman–Crippen LogP) is 2.38. The molecular formula is C9H14ClFN4. The number of anilines is 1. The highest BCUT2D eigenvalue weighted by molar-refractivity contribution is 6.28. The van der Waals surface area contributed by atoms with E-state index in [-0.39, 0.29) is 5.28 Å². The molecule has 1 aromatic rings. The number of hydrogen-bond donors (Lipinski definition) is 1. The van der Waals surface area contributed by atoms with Crippen molar-refractivity contribution < 1.29 is 4.39 Å². The van der Waals surface area contributed by atoms with Gasteiger partial charge in [-0.25, -0.2) is 9.37 Å². The van der Waals surface area contributed by atoms with Crippen LogP contribution in [-0.4, -0.2) is 27.2 Å². The Kier molecular flexibility index (Phi) is 3.79. The average Bonchev–Trinajstić information content (AvgIpc) is 1.99. The highest BCUT2D eigenvalue weighted by Crippen LogP contribution is 2.13.